The minimum absolute atomic E-state index is 0.644. The molecule has 0 saturated heterocycles. The Bertz CT molecular complexity index is 483. The number of imidazole rings is 1. The highest BCUT2D eigenvalue weighted by molar-refractivity contribution is 5.36. The molecule has 0 amide bonds. The lowest BCUT2D eigenvalue weighted by molar-refractivity contribution is -0.137. The zero-order valence-electron chi connectivity index (χ0n) is 8.49. The third-order valence-electron chi connectivity index (χ3n) is 2.30. The molecule has 0 aliphatic carbocycles. The summed E-state index contributed by atoms with van der Waals surface area (Å²) in [4.78, 5) is 3.91. The number of aromatic nitrogens is 2. The minimum Gasteiger partial charge on any atom is -0.304 e. The van der Waals surface area contributed by atoms with Crippen LogP contribution in [0, 0.1) is 6.92 Å². The lowest BCUT2D eigenvalue weighted by Crippen LogP contribution is -2.05. The number of halogens is 3. The molecule has 5 heteroatoms. The Labute approximate surface area is 90.4 Å². The van der Waals surface area contributed by atoms with Gasteiger partial charge in [-0.05, 0) is 31.2 Å². The molecule has 16 heavy (non-hydrogen) atoms. The molecule has 0 atom stereocenters. The highest BCUT2D eigenvalue weighted by atomic mass is 19.4. The van der Waals surface area contributed by atoms with Crippen LogP contribution in [0.25, 0.3) is 5.69 Å². The van der Waals surface area contributed by atoms with Gasteiger partial charge in [0, 0.05) is 17.6 Å². The minimum atomic E-state index is -4.29. The maximum Gasteiger partial charge on any atom is 0.416 e. The summed E-state index contributed by atoms with van der Waals surface area (Å²) in [5.41, 5.74) is 0.900. The first-order valence-electron chi connectivity index (χ1n) is 4.65. The molecule has 0 saturated carbocycles. The SMILES string of the molecule is Cc1cncn1-c1ccc(C(F)(F)F)cc1. The summed E-state index contributed by atoms with van der Waals surface area (Å²) < 4.78 is 38.7. The summed E-state index contributed by atoms with van der Waals surface area (Å²) in [6, 6.07) is 4.98. The average Bonchev–Trinajstić information content (AvgIpc) is 2.63. The van der Waals surface area contributed by atoms with E-state index in [0.717, 1.165) is 17.8 Å². The Kier molecular flexibility index (Phi) is 2.46. The Balaban J connectivity index is 2.37. The third-order valence-corrected chi connectivity index (χ3v) is 2.30. The smallest absolute Gasteiger partial charge is 0.304 e. The summed E-state index contributed by atoms with van der Waals surface area (Å²) in [7, 11) is 0. The molecule has 2 aromatic rings. The molecule has 84 valence electrons. The van der Waals surface area contributed by atoms with E-state index in [9.17, 15) is 13.2 Å². The van der Waals surface area contributed by atoms with E-state index in [1.54, 1.807) is 17.1 Å². The third kappa shape index (κ3) is 1.93. The zero-order valence-corrected chi connectivity index (χ0v) is 8.49. The first-order chi connectivity index (χ1) is 7.48. The molecule has 0 unspecified atom stereocenters. The number of aryl methyl sites for hydroxylation is 1. The maximum absolute atomic E-state index is 12.3. The fourth-order valence-electron chi connectivity index (χ4n) is 1.44. The summed E-state index contributed by atoms with van der Waals surface area (Å²) in [5, 5.41) is 0. The lowest BCUT2D eigenvalue weighted by Gasteiger charge is -2.08. The molecule has 1 heterocycles. The van der Waals surface area contributed by atoms with Crippen molar-refractivity contribution in [3.8, 4) is 5.69 Å². The number of alkyl halides is 3. The molecule has 0 fully saturated rings. The molecule has 0 N–H and O–H groups in total. The van der Waals surface area contributed by atoms with Gasteiger partial charge in [0.25, 0.3) is 0 Å². The zero-order chi connectivity index (χ0) is 11.8. The highest BCUT2D eigenvalue weighted by Gasteiger charge is 2.29. The van der Waals surface area contributed by atoms with E-state index in [1.807, 2.05) is 6.92 Å². The molecule has 2 rings (SSSR count). The van der Waals surface area contributed by atoms with E-state index in [-0.39, 0.29) is 0 Å². The second kappa shape index (κ2) is 3.66. The average molecular weight is 226 g/mol. The second-order valence-electron chi connectivity index (χ2n) is 3.45. The quantitative estimate of drug-likeness (QED) is 0.730. The molecular weight excluding hydrogens is 217 g/mol. The number of rotatable bonds is 1. The Morgan fingerprint density at radius 2 is 1.75 bits per heavy atom. The highest BCUT2D eigenvalue weighted by Crippen LogP contribution is 2.29. The van der Waals surface area contributed by atoms with Crippen molar-refractivity contribution in [1.82, 2.24) is 9.55 Å². The maximum atomic E-state index is 12.3. The van der Waals surface area contributed by atoms with Gasteiger partial charge in [-0.2, -0.15) is 13.2 Å². The lowest BCUT2D eigenvalue weighted by atomic mass is 10.2. The second-order valence-corrected chi connectivity index (χ2v) is 3.45. The van der Waals surface area contributed by atoms with Gasteiger partial charge in [-0.25, -0.2) is 4.98 Å². The van der Waals surface area contributed by atoms with Crippen LogP contribution in [0.2, 0.25) is 0 Å². The molecule has 0 bridgehead atoms. The fourth-order valence-corrected chi connectivity index (χ4v) is 1.44. The van der Waals surface area contributed by atoms with Crippen LogP contribution in [-0.2, 0) is 6.18 Å². The van der Waals surface area contributed by atoms with E-state index < -0.39 is 11.7 Å². The molecule has 1 aromatic heterocycles. The molecule has 1 aromatic carbocycles. The van der Waals surface area contributed by atoms with Crippen LogP contribution in [0.4, 0.5) is 13.2 Å². The van der Waals surface area contributed by atoms with Crippen molar-refractivity contribution in [1.29, 1.82) is 0 Å². The van der Waals surface area contributed by atoms with Gasteiger partial charge < -0.3 is 4.57 Å². The van der Waals surface area contributed by atoms with E-state index in [0.29, 0.717) is 5.69 Å². The van der Waals surface area contributed by atoms with Crippen LogP contribution in [0.15, 0.2) is 36.8 Å². The molecule has 0 spiro atoms. The van der Waals surface area contributed by atoms with Gasteiger partial charge in [0.05, 0.1) is 11.9 Å². The molecule has 0 aliphatic heterocycles. The standard InChI is InChI=1S/C11H9F3N2/c1-8-6-15-7-16(8)10-4-2-9(3-5-10)11(12,13)14/h2-7H,1H3. The largest absolute Gasteiger partial charge is 0.416 e. The van der Waals surface area contributed by atoms with E-state index in [1.165, 1.54) is 12.1 Å². The topological polar surface area (TPSA) is 17.8 Å². The number of nitrogens with zero attached hydrogens (tertiary/aromatic N) is 2. The van der Waals surface area contributed by atoms with Crippen LogP contribution in [0.5, 0.6) is 0 Å². The summed E-state index contributed by atoms with van der Waals surface area (Å²) >= 11 is 0. The molecule has 0 aliphatic rings. The molecule has 2 nitrogen and oxygen atoms in total. The number of hydrogen-bond donors (Lipinski definition) is 0. The van der Waals surface area contributed by atoms with Crippen molar-refractivity contribution < 1.29 is 13.2 Å². The van der Waals surface area contributed by atoms with Gasteiger partial charge >= 0.3 is 6.18 Å². The van der Waals surface area contributed by atoms with Crippen LogP contribution < -0.4 is 0 Å². The fraction of sp³-hybridized carbons (Fsp3) is 0.182. The van der Waals surface area contributed by atoms with Crippen molar-refractivity contribution in [3.63, 3.8) is 0 Å². The van der Waals surface area contributed by atoms with Crippen molar-refractivity contribution in [2.24, 2.45) is 0 Å². The summed E-state index contributed by atoms with van der Waals surface area (Å²) in [6.45, 7) is 1.84. The summed E-state index contributed by atoms with van der Waals surface area (Å²) in [5.74, 6) is 0. The Morgan fingerprint density at radius 3 is 2.19 bits per heavy atom. The monoisotopic (exact) mass is 226 g/mol. The predicted molar refractivity (Wildman–Crippen MR) is 53.3 cm³/mol. The Morgan fingerprint density at radius 1 is 1.12 bits per heavy atom. The van der Waals surface area contributed by atoms with Gasteiger partial charge in [0.15, 0.2) is 0 Å². The van der Waals surface area contributed by atoms with Gasteiger partial charge in [0.2, 0.25) is 0 Å². The molecular formula is C11H9F3N2. The van der Waals surface area contributed by atoms with Crippen molar-refractivity contribution >= 4 is 0 Å². The van der Waals surface area contributed by atoms with Crippen molar-refractivity contribution in [2.45, 2.75) is 13.1 Å². The van der Waals surface area contributed by atoms with E-state index in [2.05, 4.69) is 4.98 Å². The van der Waals surface area contributed by atoms with E-state index in [4.69, 9.17) is 0 Å². The van der Waals surface area contributed by atoms with Crippen LogP contribution in [0.3, 0.4) is 0 Å². The van der Waals surface area contributed by atoms with Gasteiger partial charge in [0.1, 0.15) is 0 Å². The van der Waals surface area contributed by atoms with Crippen molar-refractivity contribution in [2.75, 3.05) is 0 Å². The number of benzene rings is 1. The first kappa shape index (κ1) is 10.7. The van der Waals surface area contributed by atoms with Crippen LogP contribution >= 0.6 is 0 Å². The van der Waals surface area contributed by atoms with Crippen LogP contribution in [0.1, 0.15) is 11.3 Å². The van der Waals surface area contributed by atoms with Crippen molar-refractivity contribution in [3.05, 3.63) is 48.0 Å². The van der Waals surface area contributed by atoms with Gasteiger partial charge in [-0.1, -0.05) is 0 Å². The van der Waals surface area contributed by atoms with Gasteiger partial charge in [-0.3, -0.25) is 0 Å². The van der Waals surface area contributed by atoms with E-state index >= 15 is 0 Å². The normalized spacial score (nSPS) is 11.8. The predicted octanol–water partition coefficient (Wildman–Crippen LogP) is 3.20. The van der Waals surface area contributed by atoms with Gasteiger partial charge in [-0.15, -0.1) is 0 Å². The number of hydrogen-bond acceptors (Lipinski definition) is 1. The first-order valence-corrected chi connectivity index (χ1v) is 4.65. The molecule has 0 radical (unpaired) electrons. The summed E-state index contributed by atoms with van der Waals surface area (Å²) in [6.07, 6.45) is -1.07. The Hall–Kier alpha value is -1.78. The van der Waals surface area contributed by atoms with Crippen LogP contribution in [-0.4, -0.2) is 9.55 Å².